The maximum Gasteiger partial charge on any atom is 0.152 e. The van der Waals surface area contributed by atoms with Crippen molar-refractivity contribution >= 4 is 16.8 Å². The lowest BCUT2D eigenvalue weighted by molar-refractivity contribution is 0.199. The van der Waals surface area contributed by atoms with Crippen LogP contribution < -0.4 is 0 Å². The molecular formula is C9H15ClN2O. The molecule has 0 aromatic rings. The van der Waals surface area contributed by atoms with Gasteiger partial charge in [-0.25, -0.2) is 0 Å². The predicted octanol–water partition coefficient (Wildman–Crippen LogP) is 1.67. The van der Waals surface area contributed by atoms with E-state index in [4.69, 9.17) is 16.4 Å². The van der Waals surface area contributed by atoms with E-state index in [1.54, 1.807) is 7.11 Å². The normalized spacial score (nSPS) is 39.2. The van der Waals surface area contributed by atoms with E-state index in [2.05, 4.69) is 10.1 Å². The van der Waals surface area contributed by atoms with Gasteiger partial charge in [-0.1, -0.05) is 16.8 Å². The SMILES string of the molecule is CON=C(Cl)[C@]12CCCN(CC1)C2. The second-order valence-corrected chi connectivity index (χ2v) is 4.33. The molecule has 0 saturated carbocycles. The van der Waals surface area contributed by atoms with Gasteiger partial charge in [0.25, 0.3) is 0 Å². The van der Waals surface area contributed by atoms with Crippen molar-refractivity contribution in [2.24, 2.45) is 10.6 Å². The molecule has 2 atom stereocenters. The molecule has 1 unspecified atom stereocenters. The summed E-state index contributed by atoms with van der Waals surface area (Å²) in [6.07, 6.45) is 3.53. The van der Waals surface area contributed by atoms with E-state index in [1.165, 1.54) is 13.0 Å². The predicted molar refractivity (Wildman–Crippen MR) is 53.0 cm³/mol. The van der Waals surface area contributed by atoms with Crippen LogP contribution in [0.25, 0.3) is 0 Å². The number of halogens is 1. The summed E-state index contributed by atoms with van der Waals surface area (Å²) < 4.78 is 0. The quantitative estimate of drug-likeness (QED) is 0.503. The first-order chi connectivity index (χ1) is 6.27. The number of rotatable bonds is 2. The summed E-state index contributed by atoms with van der Waals surface area (Å²) in [6, 6.07) is 0. The molecule has 0 aromatic heterocycles. The fourth-order valence-corrected chi connectivity index (χ4v) is 2.76. The summed E-state index contributed by atoms with van der Waals surface area (Å²) in [4.78, 5) is 7.20. The van der Waals surface area contributed by atoms with Gasteiger partial charge in [0.05, 0.1) is 0 Å². The maximum absolute atomic E-state index is 6.14. The first-order valence-electron chi connectivity index (χ1n) is 4.76. The zero-order chi connectivity index (χ0) is 9.31. The van der Waals surface area contributed by atoms with Crippen molar-refractivity contribution in [1.82, 2.24) is 4.90 Å². The van der Waals surface area contributed by atoms with Gasteiger partial charge in [-0.3, -0.25) is 0 Å². The van der Waals surface area contributed by atoms with Crippen molar-refractivity contribution in [3.63, 3.8) is 0 Å². The van der Waals surface area contributed by atoms with Gasteiger partial charge in [0.15, 0.2) is 5.17 Å². The molecule has 2 saturated heterocycles. The molecule has 13 heavy (non-hydrogen) atoms. The van der Waals surface area contributed by atoms with Crippen LogP contribution in [0.3, 0.4) is 0 Å². The first kappa shape index (κ1) is 9.28. The molecule has 2 rings (SSSR count). The Morgan fingerprint density at radius 3 is 3.08 bits per heavy atom. The lowest BCUT2D eigenvalue weighted by Crippen LogP contribution is -2.37. The highest BCUT2D eigenvalue weighted by atomic mass is 35.5. The molecule has 74 valence electrons. The number of nitrogens with zero attached hydrogens (tertiary/aromatic N) is 2. The van der Waals surface area contributed by atoms with Crippen molar-refractivity contribution in [2.75, 3.05) is 26.7 Å². The van der Waals surface area contributed by atoms with Crippen LogP contribution in [-0.2, 0) is 4.84 Å². The Labute approximate surface area is 83.7 Å². The van der Waals surface area contributed by atoms with Gasteiger partial charge in [-0.05, 0) is 32.4 Å². The van der Waals surface area contributed by atoms with E-state index >= 15 is 0 Å². The monoisotopic (exact) mass is 202 g/mol. The third kappa shape index (κ3) is 1.55. The van der Waals surface area contributed by atoms with Crippen LogP contribution in [0.2, 0.25) is 0 Å². The highest BCUT2D eigenvalue weighted by Crippen LogP contribution is 2.41. The molecule has 0 aromatic carbocycles. The largest absolute Gasteiger partial charge is 0.398 e. The van der Waals surface area contributed by atoms with Crippen molar-refractivity contribution in [1.29, 1.82) is 0 Å². The number of oxime groups is 1. The molecule has 0 aliphatic carbocycles. The summed E-state index contributed by atoms with van der Waals surface area (Å²) in [5, 5.41) is 4.54. The molecule has 0 spiro atoms. The Morgan fingerprint density at radius 1 is 1.46 bits per heavy atom. The van der Waals surface area contributed by atoms with Gasteiger partial charge in [0, 0.05) is 12.0 Å². The van der Waals surface area contributed by atoms with Crippen LogP contribution in [0, 0.1) is 5.41 Å². The van der Waals surface area contributed by atoms with Crippen molar-refractivity contribution < 1.29 is 4.84 Å². The van der Waals surface area contributed by atoms with Gasteiger partial charge in [0.1, 0.15) is 7.11 Å². The van der Waals surface area contributed by atoms with Crippen LogP contribution in [0.4, 0.5) is 0 Å². The Morgan fingerprint density at radius 2 is 2.31 bits per heavy atom. The minimum atomic E-state index is 0.121. The van der Waals surface area contributed by atoms with Crippen LogP contribution in [0.5, 0.6) is 0 Å². The third-order valence-electron chi connectivity index (χ3n) is 3.17. The van der Waals surface area contributed by atoms with Crippen LogP contribution in [0.15, 0.2) is 5.16 Å². The average Bonchev–Trinajstić information content (AvgIpc) is 2.44. The highest BCUT2D eigenvalue weighted by molar-refractivity contribution is 6.66. The fraction of sp³-hybridized carbons (Fsp3) is 0.889. The van der Waals surface area contributed by atoms with Gasteiger partial charge in [0.2, 0.25) is 0 Å². The Bertz CT molecular complexity index is 228. The van der Waals surface area contributed by atoms with Crippen LogP contribution in [-0.4, -0.2) is 36.8 Å². The van der Waals surface area contributed by atoms with Gasteiger partial charge >= 0.3 is 0 Å². The highest BCUT2D eigenvalue weighted by Gasteiger charge is 2.44. The van der Waals surface area contributed by atoms with Crippen LogP contribution >= 0.6 is 11.6 Å². The molecule has 0 amide bonds. The molecule has 2 aliphatic rings. The van der Waals surface area contributed by atoms with Gasteiger partial charge < -0.3 is 9.74 Å². The lowest BCUT2D eigenvalue weighted by Gasteiger charge is -2.31. The molecule has 0 N–H and O–H groups in total. The fourth-order valence-electron chi connectivity index (χ4n) is 2.44. The standard InChI is InChI=1S/C9H15ClN2O/c1-13-11-8(10)9-3-2-5-12(7-9)6-4-9/h2-7H2,1H3/t9-/m1/s1. The molecule has 2 heterocycles. The smallest absolute Gasteiger partial charge is 0.152 e. The molecular weight excluding hydrogens is 188 g/mol. The van der Waals surface area contributed by atoms with E-state index in [0.717, 1.165) is 25.9 Å². The van der Waals surface area contributed by atoms with Crippen molar-refractivity contribution in [2.45, 2.75) is 19.3 Å². The summed E-state index contributed by atoms with van der Waals surface area (Å²) in [6.45, 7) is 3.45. The lowest BCUT2D eigenvalue weighted by atomic mass is 9.82. The summed E-state index contributed by atoms with van der Waals surface area (Å²) in [7, 11) is 1.55. The van der Waals surface area contributed by atoms with Crippen molar-refractivity contribution in [3.05, 3.63) is 0 Å². The Balaban J connectivity index is 2.15. The number of fused-ring (bicyclic) bond motifs is 2. The second-order valence-electron chi connectivity index (χ2n) is 3.97. The topological polar surface area (TPSA) is 24.8 Å². The Kier molecular flexibility index (Phi) is 2.47. The van der Waals surface area contributed by atoms with E-state index in [-0.39, 0.29) is 5.41 Å². The number of hydrogen-bond donors (Lipinski definition) is 0. The first-order valence-corrected chi connectivity index (χ1v) is 5.14. The van der Waals surface area contributed by atoms with E-state index in [0.29, 0.717) is 5.17 Å². The minimum absolute atomic E-state index is 0.121. The third-order valence-corrected chi connectivity index (χ3v) is 3.64. The molecule has 2 bridgehead atoms. The molecule has 3 nitrogen and oxygen atoms in total. The Hall–Kier alpha value is -0.280. The van der Waals surface area contributed by atoms with Gasteiger partial charge in [-0.2, -0.15) is 0 Å². The summed E-state index contributed by atoms with van der Waals surface area (Å²) >= 11 is 6.14. The van der Waals surface area contributed by atoms with E-state index in [9.17, 15) is 0 Å². The summed E-state index contributed by atoms with van der Waals surface area (Å²) in [5.41, 5.74) is 0.121. The van der Waals surface area contributed by atoms with E-state index < -0.39 is 0 Å². The zero-order valence-corrected chi connectivity index (χ0v) is 8.68. The zero-order valence-electron chi connectivity index (χ0n) is 7.92. The van der Waals surface area contributed by atoms with Crippen molar-refractivity contribution in [3.8, 4) is 0 Å². The van der Waals surface area contributed by atoms with Gasteiger partial charge in [-0.15, -0.1) is 0 Å². The van der Waals surface area contributed by atoms with E-state index in [1.807, 2.05) is 0 Å². The second kappa shape index (κ2) is 3.46. The van der Waals surface area contributed by atoms with Crippen LogP contribution in [0.1, 0.15) is 19.3 Å². The maximum atomic E-state index is 6.14. The number of hydrogen-bond acceptors (Lipinski definition) is 3. The molecule has 4 heteroatoms. The molecule has 2 aliphatic heterocycles. The minimum Gasteiger partial charge on any atom is -0.398 e. The number of piperidine rings is 1. The molecule has 2 fully saturated rings. The average molecular weight is 203 g/mol. The molecule has 0 radical (unpaired) electrons. The summed E-state index contributed by atoms with van der Waals surface area (Å²) in [5.74, 6) is 0.